The lowest BCUT2D eigenvalue weighted by atomic mass is 10.2. The molecule has 0 atom stereocenters. The molecule has 0 saturated heterocycles. The molecule has 0 radical (unpaired) electrons. The Labute approximate surface area is 146 Å². The van der Waals surface area contributed by atoms with Crippen molar-refractivity contribution in [1.29, 1.82) is 0 Å². The van der Waals surface area contributed by atoms with Gasteiger partial charge in [-0.2, -0.15) is 5.10 Å². The van der Waals surface area contributed by atoms with Crippen LogP contribution in [0.4, 0.5) is 0 Å². The number of benzene rings is 1. The first-order valence-electron chi connectivity index (χ1n) is 6.53. The van der Waals surface area contributed by atoms with Crippen molar-refractivity contribution in [1.82, 2.24) is 19.7 Å². The monoisotopic (exact) mass is 366 g/mol. The van der Waals surface area contributed by atoms with Crippen molar-refractivity contribution in [2.45, 2.75) is 6.54 Å². The van der Waals surface area contributed by atoms with E-state index in [-0.39, 0.29) is 21.6 Å². The van der Waals surface area contributed by atoms with Gasteiger partial charge in [-0.25, -0.2) is 9.97 Å². The molecule has 3 rings (SSSR count). The van der Waals surface area contributed by atoms with Crippen molar-refractivity contribution in [3.8, 4) is 0 Å². The van der Waals surface area contributed by atoms with Gasteiger partial charge in [-0.05, 0) is 23.8 Å². The van der Waals surface area contributed by atoms with Crippen LogP contribution in [0, 0.1) is 0 Å². The van der Waals surface area contributed by atoms with Crippen LogP contribution in [0.15, 0.2) is 42.9 Å². The average Bonchev–Trinajstić information content (AvgIpc) is 2.95. The Morgan fingerprint density at radius 1 is 1.09 bits per heavy atom. The minimum Gasteiger partial charge on any atom is -0.287 e. The third kappa shape index (κ3) is 3.52. The number of hydrogen-bond donors (Lipinski definition) is 0. The van der Waals surface area contributed by atoms with Gasteiger partial charge in [-0.3, -0.25) is 9.48 Å². The highest BCUT2D eigenvalue weighted by atomic mass is 35.5. The van der Waals surface area contributed by atoms with Crippen LogP contribution in [0.3, 0.4) is 0 Å². The molecule has 0 spiro atoms. The molecular formula is C15H9Cl3N4O. The SMILES string of the molecule is O=C(c1ccn(Cc2cccc(Cl)c2)n1)c1c(Cl)ncnc1Cl. The van der Waals surface area contributed by atoms with Gasteiger partial charge >= 0.3 is 0 Å². The molecule has 23 heavy (non-hydrogen) atoms. The number of hydrogen-bond acceptors (Lipinski definition) is 4. The number of ketones is 1. The van der Waals surface area contributed by atoms with Gasteiger partial charge in [-0.15, -0.1) is 0 Å². The summed E-state index contributed by atoms with van der Waals surface area (Å²) in [5.74, 6) is -0.426. The normalized spacial score (nSPS) is 10.7. The quantitative estimate of drug-likeness (QED) is 0.518. The summed E-state index contributed by atoms with van der Waals surface area (Å²) in [4.78, 5) is 20.0. The van der Waals surface area contributed by atoms with E-state index in [1.807, 2.05) is 18.2 Å². The zero-order valence-electron chi connectivity index (χ0n) is 11.6. The van der Waals surface area contributed by atoms with Crippen molar-refractivity contribution >= 4 is 40.6 Å². The Kier molecular flexibility index (Phi) is 4.61. The fourth-order valence-electron chi connectivity index (χ4n) is 2.05. The lowest BCUT2D eigenvalue weighted by Crippen LogP contribution is -2.08. The predicted molar refractivity (Wildman–Crippen MR) is 88.3 cm³/mol. The van der Waals surface area contributed by atoms with E-state index in [4.69, 9.17) is 34.8 Å². The topological polar surface area (TPSA) is 60.7 Å². The average molecular weight is 368 g/mol. The Balaban J connectivity index is 1.86. The molecule has 0 aliphatic carbocycles. The molecule has 0 fully saturated rings. The standard InChI is InChI=1S/C15H9Cl3N4O/c16-10-3-1-2-9(6-10)7-22-5-4-11(21-22)13(23)12-14(17)19-8-20-15(12)18/h1-6,8H,7H2. The fraction of sp³-hybridized carbons (Fsp3) is 0.0667. The van der Waals surface area contributed by atoms with Crippen LogP contribution in [0.5, 0.6) is 0 Å². The molecule has 0 N–H and O–H groups in total. The lowest BCUT2D eigenvalue weighted by molar-refractivity contribution is 0.103. The Morgan fingerprint density at radius 2 is 1.83 bits per heavy atom. The molecule has 5 nitrogen and oxygen atoms in total. The highest BCUT2D eigenvalue weighted by Gasteiger charge is 2.20. The lowest BCUT2D eigenvalue weighted by Gasteiger charge is -2.03. The van der Waals surface area contributed by atoms with Crippen LogP contribution >= 0.6 is 34.8 Å². The number of nitrogens with zero attached hydrogens (tertiary/aromatic N) is 4. The van der Waals surface area contributed by atoms with Crippen molar-refractivity contribution < 1.29 is 4.79 Å². The van der Waals surface area contributed by atoms with Crippen molar-refractivity contribution in [3.05, 3.63) is 75.0 Å². The molecule has 2 heterocycles. The van der Waals surface area contributed by atoms with Crippen LogP contribution in [-0.4, -0.2) is 25.5 Å². The Bertz CT molecular complexity index is 858. The molecular weight excluding hydrogens is 359 g/mol. The van der Waals surface area contributed by atoms with Crippen LogP contribution in [-0.2, 0) is 6.54 Å². The summed E-state index contributed by atoms with van der Waals surface area (Å²) in [7, 11) is 0. The summed E-state index contributed by atoms with van der Waals surface area (Å²) >= 11 is 17.8. The van der Waals surface area contributed by atoms with Gasteiger partial charge in [0.2, 0.25) is 5.78 Å². The number of rotatable bonds is 4. The molecule has 0 amide bonds. The summed E-state index contributed by atoms with van der Waals surface area (Å²) in [6.45, 7) is 0.487. The molecule has 8 heteroatoms. The van der Waals surface area contributed by atoms with Crippen LogP contribution in [0.2, 0.25) is 15.3 Å². The van der Waals surface area contributed by atoms with Crippen molar-refractivity contribution in [2.24, 2.45) is 0 Å². The molecule has 116 valence electrons. The van der Waals surface area contributed by atoms with Gasteiger partial charge in [0.25, 0.3) is 0 Å². The largest absolute Gasteiger partial charge is 0.287 e. The minimum absolute atomic E-state index is 0.000564. The molecule has 3 aromatic rings. The highest BCUT2D eigenvalue weighted by Crippen LogP contribution is 2.22. The van der Waals surface area contributed by atoms with Gasteiger partial charge in [0.1, 0.15) is 22.3 Å². The summed E-state index contributed by atoms with van der Waals surface area (Å²) in [6, 6.07) is 9.00. The minimum atomic E-state index is -0.426. The molecule has 0 bridgehead atoms. The second kappa shape index (κ2) is 6.66. The van der Waals surface area contributed by atoms with E-state index in [0.717, 1.165) is 5.56 Å². The maximum atomic E-state index is 12.5. The van der Waals surface area contributed by atoms with Crippen LogP contribution < -0.4 is 0 Å². The molecule has 0 saturated carbocycles. The number of halogens is 3. The van der Waals surface area contributed by atoms with E-state index in [0.29, 0.717) is 11.6 Å². The number of carbonyl (C=O) groups is 1. The first-order chi connectivity index (χ1) is 11.0. The Hall–Kier alpha value is -1.95. The van der Waals surface area contributed by atoms with Gasteiger partial charge in [-0.1, -0.05) is 46.9 Å². The summed E-state index contributed by atoms with van der Waals surface area (Å²) in [6.07, 6.45) is 2.89. The molecule has 0 aliphatic heterocycles. The maximum absolute atomic E-state index is 12.5. The summed E-state index contributed by atoms with van der Waals surface area (Å²) in [5.41, 5.74) is 1.23. The third-order valence-electron chi connectivity index (χ3n) is 3.09. The van der Waals surface area contributed by atoms with E-state index in [1.165, 1.54) is 6.33 Å². The first kappa shape index (κ1) is 15.9. The van der Waals surface area contributed by atoms with Gasteiger partial charge in [0.05, 0.1) is 12.1 Å². The second-order valence-electron chi connectivity index (χ2n) is 4.69. The smallest absolute Gasteiger partial charge is 0.219 e. The van der Waals surface area contributed by atoms with E-state index >= 15 is 0 Å². The van der Waals surface area contributed by atoms with Crippen LogP contribution in [0.25, 0.3) is 0 Å². The maximum Gasteiger partial charge on any atom is 0.219 e. The highest BCUT2D eigenvalue weighted by molar-refractivity contribution is 6.39. The van der Waals surface area contributed by atoms with Crippen molar-refractivity contribution in [2.75, 3.05) is 0 Å². The molecule has 2 aromatic heterocycles. The van der Waals surface area contributed by atoms with Gasteiger partial charge in [0.15, 0.2) is 0 Å². The van der Waals surface area contributed by atoms with E-state index in [2.05, 4.69) is 15.1 Å². The van der Waals surface area contributed by atoms with E-state index < -0.39 is 5.78 Å². The number of carbonyl (C=O) groups excluding carboxylic acids is 1. The third-order valence-corrected chi connectivity index (χ3v) is 3.90. The molecule has 0 aliphatic rings. The predicted octanol–water partition coefficient (Wildman–Crippen LogP) is 3.91. The Morgan fingerprint density at radius 3 is 2.52 bits per heavy atom. The second-order valence-corrected chi connectivity index (χ2v) is 5.84. The van der Waals surface area contributed by atoms with Crippen LogP contribution in [0.1, 0.15) is 21.6 Å². The van der Waals surface area contributed by atoms with E-state index in [1.54, 1.807) is 23.0 Å². The number of aromatic nitrogens is 4. The zero-order valence-corrected chi connectivity index (χ0v) is 13.8. The zero-order chi connectivity index (χ0) is 16.4. The van der Waals surface area contributed by atoms with Gasteiger partial charge in [0, 0.05) is 11.2 Å². The van der Waals surface area contributed by atoms with Gasteiger partial charge < -0.3 is 0 Å². The summed E-state index contributed by atoms with van der Waals surface area (Å²) in [5, 5.41) is 4.89. The van der Waals surface area contributed by atoms with E-state index in [9.17, 15) is 4.79 Å². The summed E-state index contributed by atoms with van der Waals surface area (Å²) < 4.78 is 1.63. The van der Waals surface area contributed by atoms with Crippen molar-refractivity contribution in [3.63, 3.8) is 0 Å². The molecule has 0 unspecified atom stereocenters. The first-order valence-corrected chi connectivity index (χ1v) is 7.66. The fourth-order valence-corrected chi connectivity index (χ4v) is 2.75. The molecule has 1 aromatic carbocycles.